The molecule has 3 amide bonds. The van der Waals surface area contributed by atoms with Crippen LogP contribution in [-0.4, -0.2) is 29.5 Å². The van der Waals surface area contributed by atoms with Gasteiger partial charge in [0.1, 0.15) is 5.82 Å². The summed E-state index contributed by atoms with van der Waals surface area (Å²) in [5.74, 6) is 0.540. The molecule has 2 N–H and O–H groups in total. The van der Waals surface area contributed by atoms with Crippen LogP contribution in [0, 0.1) is 20.8 Å². The minimum Gasteiger partial charge on any atom is -0.333 e. The molecule has 0 radical (unpaired) electrons. The van der Waals surface area contributed by atoms with Crippen molar-refractivity contribution in [1.82, 2.24) is 10.3 Å². The van der Waals surface area contributed by atoms with Crippen LogP contribution in [0.4, 0.5) is 16.3 Å². The summed E-state index contributed by atoms with van der Waals surface area (Å²) in [7, 11) is 0. The van der Waals surface area contributed by atoms with Crippen LogP contribution in [0.5, 0.6) is 0 Å². The third-order valence-electron chi connectivity index (χ3n) is 4.50. The highest BCUT2D eigenvalue weighted by molar-refractivity contribution is 5.97. The number of anilines is 2. The number of hydrogen-bond acceptors (Lipinski definition) is 3. The van der Waals surface area contributed by atoms with Crippen molar-refractivity contribution in [2.24, 2.45) is 0 Å². The number of amides is 3. The van der Waals surface area contributed by atoms with Crippen LogP contribution in [0.2, 0.25) is 0 Å². The highest BCUT2D eigenvalue weighted by Gasteiger charge is 2.31. The van der Waals surface area contributed by atoms with E-state index in [0.29, 0.717) is 18.8 Å². The monoisotopic (exact) mass is 338 g/mol. The molecule has 0 aliphatic carbocycles. The molecule has 1 aromatic heterocycles. The molecule has 0 saturated carbocycles. The van der Waals surface area contributed by atoms with E-state index in [1.165, 1.54) is 5.56 Å². The number of nitrogens with one attached hydrogen (secondary N) is 2. The number of carbonyl (C=O) groups is 2. The Bertz CT molecular complexity index is 819. The molecule has 2 heterocycles. The van der Waals surface area contributed by atoms with E-state index in [-0.39, 0.29) is 18.0 Å². The van der Waals surface area contributed by atoms with Crippen LogP contribution in [0.3, 0.4) is 0 Å². The van der Waals surface area contributed by atoms with Gasteiger partial charge in [0.15, 0.2) is 0 Å². The molecule has 6 heteroatoms. The summed E-state index contributed by atoms with van der Waals surface area (Å²) < 4.78 is 0. The summed E-state index contributed by atoms with van der Waals surface area (Å²) in [5, 5.41) is 5.59. The first-order valence-corrected chi connectivity index (χ1v) is 8.31. The first kappa shape index (κ1) is 17.0. The molecule has 1 fully saturated rings. The molecule has 1 aliphatic rings. The normalized spacial score (nSPS) is 16.8. The van der Waals surface area contributed by atoms with E-state index >= 15 is 0 Å². The minimum atomic E-state index is -0.346. The van der Waals surface area contributed by atoms with E-state index in [9.17, 15) is 9.59 Å². The molecule has 1 atom stereocenters. The van der Waals surface area contributed by atoms with Gasteiger partial charge in [0.05, 0.1) is 6.04 Å². The van der Waals surface area contributed by atoms with Gasteiger partial charge in [0, 0.05) is 24.8 Å². The van der Waals surface area contributed by atoms with Gasteiger partial charge >= 0.3 is 6.03 Å². The lowest BCUT2D eigenvalue weighted by molar-refractivity contribution is -0.117. The molecular formula is C19H22N4O2. The Morgan fingerprint density at radius 2 is 1.96 bits per heavy atom. The molecule has 25 heavy (non-hydrogen) atoms. The second kappa shape index (κ2) is 6.93. The molecule has 2 aromatic rings. The fraction of sp³-hybridized carbons (Fsp3) is 0.316. The predicted molar refractivity (Wildman–Crippen MR) is 97.8 cm³/mol. The van der Waals surface area contributed by atoms with Gasteiger partial charge in [-0.2, -0.15) is 0 Å². The molecule has 0 bridgehead atoms. The Labute approximate surface area is 147 Å². The maximum Gasteiger partial charge on any atom is 0.320 e. The zero-order valence-corrected chi connectivity index (χ0v) is 14.7. The molecule has 1 aromatic carbocycles. The van der Waals surface area contributed by atoms with E-state index in [4.69, 9.17) is 0 Å². The summed E-state index contributed by atoms with van der Waals surface area (Å²) in [5.41, 5.74) is 4.09. The van der Waals surface area contributed by atoms with Gasteiger partial charge < -0.3 is 10.2 Å². The lowest BCUT2D eigenvalue weighted by Crippen LogP contribution is -2.40. The Morgan fingerprint density at radius 3 is 2.68 bits per heavy atom. The van der Waals surface area contributed by atoms with Gasteiger partial charge in [-0.25, -0.2) is 9.78 Å². The molecule has 3 rings (SSSR count). The lowest BCUT2D eigenvalue weighted by Gasteiger charge is -2.18. The van der Waals surface area contributed by atoms with E-state index < -0.39 is 0 Å². The third kappa shape index (κ3) is 3.79. The number of urea groups is 1. The Hall–Kier alpha value is -2.89. The van der Waals surface area contributed by atoms with Gasteiger partial charge in [-0.15, -0.1) is 0 Å². The van der Waals surface area contributed by atoms with E-state index in [2.05, 4.69) is 15.6 Å². The van der Waals surface area contributed by atoms with Crippen molar-refractivity contribution >= 4 is 23.4 Å². The highest BCUT2D eigenvalue weighted by Crippen LogP contribution is 2.24. The van der Waals surface area contributed by atoms with Crippen molar-refractivity contribution < 1.29 is 9.59 Å². The zero-order valence-electron chi connectivity index (χ0n) is 14.7. The number of aromatic nitrogens is 1. The summed E-state index contributed by atoms with van der Waals surface area (Å²) in [6, 6.07) is 9.08. The zero-order chi connectivity index (χ0) is 18.0. The van der Waals surface area contributed by atoms with E-state index in [1.54, 1.807) is 11.1 Å². The fourth-order valence-electron chi connectivity index (χ4n) is 2.89. The van der Waals surface area contributed by atoms with E-state index in [0.717, 1.165) is 16.8 Å². The number of nitrogens with zero attached hydrogens (tertiary/aromatic N) is 2. The van der Waals surface area contributed by atoms with Crippen LogP contribution >= 0.6 is 0 Å². The molecule has 1 aliphatic heterocycles. The largest absolute Gasteiger partial charge is 0.333 e. The summed E-state index contributed by atoms with van der Waals surface area (Å²) in [6.45, 7) is 6.41. The van der Waals surface area contributed by atoms with Crippen LogP contribution < -0.4 is 15.5 Å². The van der Waals surface area contributed by atoms with Gasteiger partial charge in [-0.1, -0.05) is 12.1 Å². The average Bonchev–Trinajstić information content (AvgIpc) is 2.92. The second-order valence-electron chi connectivity index (χ2n) is 6.44. The standard InChI is InChI=1S/C19H22N4O2/c1-12-6-7-16(9-14(12)3)23-11-15(10-17(23)24)21-19(25)22-18-13(2)5-4-8-20-18/h4-9,15H,10-11H2,1-3H3,(H2,20,21,22,25). The van der Waals surface area contributed by atoms with Crippen LogP contribution in [0.25, 0.3) is 0 Å². The molecule has 1 saturated heterocycles. The van der Waals surface area contributed by atoms with Crippen molar-refractivity contribution in [3.63, 3.8) is 0 Å². The first-order valence-electron chi connectivity index (χ1n) is 8.31. The van der Waals surface area contributed by atoms with Crippen LogP contribution in [-0.2, 0) is 4.79 Å². The van der Waals surface area contributed by atoms with Crippen LogP contribution in [0.1, 0.15) is 23.1 Å². The predicted octanol–water partition coefficient (Wildman–Crippen LogP) is 2.93. The number of aryl methyl sites for hydroxylation is 3. The number of rotatable bonds is 3. The minimum absolute atomic E-state index is 0.0163. The van der Waals surface area contributed by atoms with Crippen LogP contribution in [0.15, 0.2) is 36.5 Å². The molecule has 6 nitrogen and oxygen atoms in total. The summed E-state index contributed by atoms with van der Waals surface area (Å²) in [6.07, 6.45) is 1.92. The smallest absolute Gasteiger partial charge is 0.320 e. The number of hydrogen-bond donors (Lipinski definition) is 2. The Balaban J connectivity index is 1.63. The van der Waals surface area contributed by atoms with Gasteiger partial charge in [-0.3, -0.25) is 10.1 Å². The average molecular weight is 338 g/mol. The summed E-state index contributed by atoms with van der Waals surface area (Å²) >= 11 is 0. The van der Waals surface area contributed by atoms with Crippen molar-refractivity contribution in [2.45, 2.75) is 33.2 Å². The molecule has 130 valence electrons. The topological polar surface area (TPSA) is 74.3 Å². The SMILES string of the molecule is Cc1ccc(N2CC(NC(=O)Nc3ncccc3C)CC2=O)cc1C. The van der Waals surface area contributed by atoms with Crippen molar-refractivity contribution in [1.29, 1.82) is 0 Å². The molecular weight excluding hydrogens is 316 g/mol. The number of benzene rings is 1. The van der Waals surface area contributed by atoms with Gasteiger partial charge in [0.2, 0.25) is 5.91 Å². The van der Waals surface area contributed by atoms with E-state index in [1.807, 2.05) is 51.1 Å². The number of carbonyl (C=O) groups excluding carboxylic acids is 2. The third-order valence-corrected chi connectivity index (χ3v) is 4.50. The summed E-state index contributed by atoms with van der Waals surface area (Å²) in [4.78, 5) is 30.4. The number of pyridine rings is 1. The maximum absolute atomic E-state index is 12.3. The molecule has 1 unspecified atom stereocenters. The maximum atomic E-state index is 12.3. The van der Waals surface area contributed by atoms with Gasteiger partial charge in [-0.05, 0) is 55.7 Å². The highest BCUT2D eigenvalue weighted by atomic mass is 16.2. The van der Waals surface area contributed by atoms with Gasteiger partial charge in [0.25, 0.3) is 0 Å². The van der Waals surface area contributed by atoms with Crippen molar-refractivity contribution in [2.75, 3.05) is 16.8 Å². The molecule has 0 spiro atoms. The first-order chi connectivity index (χ1) is 11.9. The lowest BCUT2D eigenvalue weighted by atomic mass is 10.1. The Kier molecular flexibility index (Phi) is 4.70. The van der Waals surface area contributed by atoms with Crippen molar-refractivity contribution in [3.8, 4) is 0 Å². The Morgan fingerprint density at radius 1 is 1.16 bits per heavy atom. The second-order valence-corrected chi connectivity index (χ2v) is 6.44. The quantitative estimate of drug-likeness (QED) is 0.903. The fourth-order valence-corrected chi connectivity index (χ4v) is 2.89. The van der Waals surface area contributed by atoms with Crippen molar-refractivity contribution in [3.05, 3.63) is 53.2 Å².